The molecule has 0 radical (unpaired) electrons. The number of piperidine rings is 1. The van der Waals surface area contributed by atoms with Gasteiger partial charge in [-0.2, -0.15) is 0 Å². The van der Waals surface area contributed by atoms with Crippen molar-refractivity contribution < 1.29 is 4.79 Å². The van der Waals surface area contributed by atoms with Gasteiger partial charge in [-0.3, -0.25) is 4.79 Å². The molecule has 0 aliphatic carbocycles. The molecule has 1 aromatic carbocycles. The molecule has 1 heterocycles. The molecule has 0 aromatic heterocycles. The molecule has 1 amide bonds. The Morgan fingerprint density at radius 2 is 2.25 bits per heavy atom. The van der Waals surface area contributed by atoms with Crippen LogP contribution in [0.2, 0.25) is 0 Å². The van der Waals surface area contributed by atoms with Gasteiger partial charge in [0.1, 0.15) is 0 Å². The molecule has 1 unspecified atom stereocenters. The molecule has 1 aliphatic rings. The highest BCUT2D eigenvalue weighted by Crippen LogP contribution is 2.34. The van der Waals surface area contributed by atoms with Gasteiger partial charge < -0.3 is 10.6 Å². The molecule has 1 aliphatic heterocycles. The van der Waals surface area contributed by atoms with E-state index in [1.807, 2.05) is 18.2 Å². The largest absolute Gasteiger partial charge is 0.325 e. The van der Waals surface area contributed by atoms with Gasteiger partial charge in [-0.25, -0.2) is 0 Å². The quantitative estimate of drug-likeness (QED) is 0.785. The van der Waals surface area contributed by atoms with Crippen molar-refractivity contribution in [1.29, 1.82) is 0 Å². The topological polar surface area (TPSA) is 41.1 Å². The van der Waals surface area contributed by atoms with E-state index in [2.05, 4.69) is 49.4 Å². The van der Waals surface area contributed by atoms with E-state index >= 15 is 0 Å². The van der Waals surface area contributed by atoms with E-state index in [-0.39, 0.29) is 11.3 Å². The number of benzene rings is 1. The first-order valence-electron chi connectivity index (χ1n) is 7.04. The third kappa shape index (κ3) is 3.62. The minimum absolute atomic E-state index is 0.134. The number of amides is 1. The van der Waals surface area contributed by atoms with Crippen molar-refractivity contribution in [2.45, 2.75) is 32.6 Å². The molecule has 2 rings (SSSR count). The summed E-state index contributed by atoms with van der Waals surface area (Å²) in [5.74, 6) is 0.134. The predicted molar refractivity (Wildman–Crippen MR) is 89.9 cm³/mol. The van der Waals surface area contributed by atoms with Gasteiger partial charge in [0.15, 0.2) is 0 Å². The fourth-order valence-corrected chi connectivity index (χ4v) is 3.96. The molecule has 0 spiro atoms. The van der Waals surface area contributed by atoms with Crippen LogP contribution in [-0.2, 0) is 4.79 Å². The maximum Gasteiger partial charge on any atom is 0.231 e. The van der Waals surface area contributed by atoms with Gasteiger partial charge in [0.25, 0.3) is 0 Å². The molecular formula is C15H20Br2N2O. The molecule has 1 atom stereocenters. The standard InChI is InChI=1S/C15H20Br2N2O/c1-2-6-15(7-3-8-18-10-15)14(20)19-13-5-4-11(16)9-12(13)17/h4-5,9,18H,2-3,6-8,10H2,1H3,(H,19,20). The number of nitrogens with one attached hydrogen (secondary N) is 2. The predicted octanol–water partition coefficient (Wildman–Crippen LogP) is 4.32. The molecule has 3 nitrogen and oxygen atoms in total. The number of hydrogen-bond donors (Lipinski definition) is 2. The number of anilines is 1. The van der Waals surface area contributed by atoms with Crippen LogP contribution in [0, 0.1) is 5.41 Å². The van der Waals surface area contributed by atoms with Gasteiger partial charge in [-0.05, 0) is 59.9 Å². The van der Waals surface area contributed by atoms with Crippen LogP contribution < -0.4 is 10.6 Å². The van der Waals surface area contributed by atoms with Crippen LogP contribution in [-0.4, -0.2) is 19.0 Å². The second-order valence-corrected chi connectivity index (χ2v) is 7.16. The van der Waals surface area contributed by atoms with Gasteiger partial charge in [0.2, 0.25) is 5.91 Å². The average Bonchev–Trinajstić information content (AvgIpc) is 2.43. The first-order valence-corrected chi connectivity index (χ1v) is 8.63. The Labute approximate surface area is 137 Å². The highest BCUT2D eigenvalue weighted by Gasteiger charge is 2.38. The highest BCUT2D eigenvalue weighted by atomic mass is 79.9. The van der Waals surface area contributed by atoms with Crippen molar-refractivity contribution in [2.24, 2.45) is 5.41 Å². The van der Waals surface area contributed by atoms with Crippen molar-refractivity contribution in [3.05, 3.63) is 27.1 Å². The smallest absolute Gasteiger partial charge is 0.231 e. The molecule has 20 heavy (non-hydrogen) atoms. The Morgan fingerprint density at radius 1 is 1.45 bits per heavy atom. The van der Waals surface area contributed by atoms with Crippen LogP contribution in [0.5, 0.6) is 0 Å². The summed E-state index contributed by atoms with van der Waals surface area (Å²) in [7, 11) is 0. The van der Waals surface area contributed by atoms with Crippen molar-refractivity contribution in [3.63, 3.8) is 0 Å². The molecule has 2 N–H and O–H groups in total. The van der Waals surface area contributed by atoms with E-state index in [1.165, 1.54) is 0 Å². The van der Waals surface area contributed by atoms with Crippen LogP contribution >= 0.6 is 31.9 Å². The van der Waals surface area contributed by atoms with Crippen molar-refractivity contribution >= 4 is 43.5 Å². The summed E-state index contributed by atoms with van der Waals surface area (Å²) in [6.07, 6.45) is 3.99. The SMILES string of the molecule is CCCC1(C(=O)Nc2ccc(Br)cc2Br)CCCNC1. The number of rotatable bonds is 4. The second-order valence-electron chi connectivity index (χ2n) is 5.39. The summed E-state index contributed by atoms with van der Waals surface area (Å²) >= 11 is 6.92. The maximum atomic E-state index is 12.7. The lowest BCUT2D eigenvalue weighted by atomic mass is 9.76. The van der Waals surface area contributed by atoms with E-state index in [0.29, 0.717) is 0 Å². The Kier molecular flexibility index (Phi) is 5.64. The van der Waals surface area contributed by atoms with E-state index < -0.39 is 0 Å². The third-order valence-electron chi connectivity index (χ3n) is 3.86. The van der Waals surface area contributed by atoms with E-state index in [9.17, 15) is 4.79 Å². The van der Waals surface area contributed by atoms with Crippen LogP contribution in [0.3, 0.4) is 0 Å². The van der Waals surface area contributed by atoms with Crippen LogP contribution in [0.15, 0.2) is 27.1 Å². The fourth-order valence-electron chi connectivity index (χ4n) is 2.81. The Morgan fingerprint density at radius 3 is 2.85 bits per heavy atom. The Bertz CT molecular complexity index is 479. The average molecular weight is 404 g/mol. The Hall–Kier alpha value is -0.390. The number of carbonyl (C=O) groups is 1. The van der Waals surface area contributed by atoms with Crippen molar-refractivity contribution in [2.75, 3.05) is 18.4 Å². The zero-order valence-electron chi connectivity index (χ0n) is 11.6. The van der Waals surface area contributed by atoms with Crippen molar-refractivity contribution in [1.82, 2.24) is 5.32 Å². The molecular weight excluding hydrogens is 384 g/mol. The fraction of sp³-hybridized carbons (Fsp3) is 0.533. The molecule has 110 valence electrons. The van der Waals surface area contributed by atoms with Gasteiger partial charge in [-0.15, -0.1) is 0 Å². The summed E-state index contributed by atoms with van der Waals surface area (Å²) in [6.45, 7) is 3.93. The zero-order valence-corrected chi connectivity index (χ0v) is 14.8. The minimum Gasteiger partial charge on any atom is -0.325 e. The Balaban J connectivity index is 2.15. The monoisotopic (exact) mass is 402 g/mol. The van der Waals surface area contributed by atoms with Crippen LogP contribution in [0.1, 0.15) is 32.6 Å². The van der Waals surface area contributed by atoms with Gasteiger partial charge >= 0.3 is 0 Å². The first-order chi connectivity index (χ1) is 9.57. The zero-order chi connectivity index (χ0) is 14.6. The molecule has 0 saturated carbocycles. The number of carbonyl (C=O) groups excluding carboxylic acids is 1. The van der Waals surface area contributed by atoms with Crippen molar-refractivity contribution in [3.8, 4) is 0 Å². The molecule has 1 aromatic rings. The highest BCUT2D eigenvalue weighted by molar-refractivity contribution is 9.11. The molecule has 1 saturated heterocycles. The lowest BCUT2D eigenvalue weighted by molar-refractivity contribution is -0.127. The van der Waals surface area contributed by atoms with Gasteiger partial charge in [0.05, 0.1) is 11.1 Å². The number of halogens is 2. The second kappa shape index (κ2) is 7.05. The molecule has 0 bridgehead atoms. The number of hydrogen-bond acceptors (Lipinski definition) is 2. The first kappa shape index (κ1) is 16.0. The maximum absolute atomic E-state index is 12.7. The lowest BCUT2D eigenvalue weighted by Gasteiger charge is -2.36. The summed E-state index contributed by atoms with van der Waals surface area (Å²) < 4.78 is 1.89. The van der Waals surface area contributed by atoms with E-state index in [0.717, 1.165) is 53.4 Å². The summed E-state index contributed by atoms with van der Waals surface area (Å²) in [4.78, 5) is 12.7. The van der Waals surface area contributed by atoms with Gasteiger partial charge in [0, 0.05) is 15.5 Å². The molecule has 1 fully saturated rings. The normalized spacial score (nSPS) is 22.6. The van der Waals surface area contributed by atoms with Crippen LogP contribution in [0.25, 0.3) is 0 Å². The lowest BCUT2D eigenvalue weighted by Crippen LogP contribution is -2.48. The summed E-state index contributed by atoms with van der Waals surface area (Å²) in [5, 5.41) is 6.46. The summed E-state index contributed by atoms with van der Waals surface area (Å²) in [5.41, 5.74) is 0.568. The van der Waals surface area contributed by atoms with E-state index in [4.69, 9.17) is 0 Å². The van der Waals surface area contributed by atoms with Gasteiger partial charge in [-0.1, -0.05) is 29.3 Å². The molecule has 5 heteroatoms. The third-order valence-corrected chi connectivity index (χ3v) is 5.01. The summed E-state index contributed by atoms with van der Waals surface area (Å²) in [6, 6.07) is 5.80. The van der Waals surface area contributed by atoms with Crippen LogP contribution in [0.4, 0.5) is 5.69 Å². The van der Waals surface area contributed by atoms with E-state index in [1.54, 1.807) is 0 Å². The minimum atomic E-state index is -0.264.